The van der Waals surface area contributed by atoms with Crippen molar-refractivity contribution in [3.05, 3.63) is 48.0 Å². The summed E-state index contributed by atoms with van der Waals surface area (Å²) in [6, 6.07) is 10.4. The van der Waals surface area contributed by atoms with E-state index in [-0.39, 0.29) is 24.0 Å². The Morgan fingerprint density at radius 2 is 1.26 bits per heavy atom. The molecule has 3 amide bonds. The van der Waals surface area contributed by atoms with Crippen LogP contribution in [-0.4, -0.2) is 77.3 Å². The number of amides is 3. The number of aryl methyl sites for hydroxylation is 1. The molecule has 0 spiro atoms. The van der Waals surface area contributed by atoms with Gasteiger partial charge in [0.05, 0.1) is 18.5 Å². The van der Waals surface area contributed by atoms with Crippen LogP contribution in [0.4, 0.5) is 0 Å². The maximum Gasteiger partial charge on any atom is 0.305 e. The van der Waals surface area contributed by atoms with Gasteiger partial charge in [0, 0.05) is 12.2 Å². The first-order valence-corrected chi connectivity index (χ1v) is 23.3. The van der Waals surface area contributed by atoms with Crippen LogP contribution < -0.4 is 21.3 Å². The Labute approximate surface area is 347 Å². The third-order valence-corrected chi connectivity index (χ3v) is 11.6. The first kappa shape index (κ1) is 49.7. The fraction of sp³-hybridized carbons (Fsp3) is 0.674. The highest BCUT2D eigenvalue weighted by atomic mass is 32.2. The lowest BCUT2D eigenvalue weighted by Gasteiger charge is -2.27. The predicted molar refractivity (Wildman–Crippen MR) is 236 cm³/mol. The average molecular weight is 811 g/mol. The molecule has 0 bridgehead atoms. The van der Waals surface area contributed by atoms with Crippen molar-refractivity contribution < 1.29 is 29.1 Å². The lowest BCUT2D eigenvalue weighted by atomic mass is 9.95. The fourth-order valence-corrected chi connectivity index (χ4v) is 7.77. The van der Waals surface area contributed by atoms with Gasteiger partial charge in [-0.1, -0.05) is 153 Å². The van der Waals surface area contributed by atoms with Crippen LogP contribution in [0.1, 0.15) is 149 Å². The summed E-state index contributed by atoms with van der Waals surface area (Å²) in [4.78, 5) is 65.3. The minimum atomic E-state index is -1.24. The zero-order chi connectivity index (χ0) is 41.8. The number of unbranched alkanes of at least 4 members (excludes halogenated alkanes) is 13. The molecule has 0 heterocycles. The molecule has 0 saturated carbocycles. The summed E-state index contributed by atoms with van der Waals surface area (Å²) in [5, 5.41) is 23.4. The van der Waals surface area contributed by atoms with E-state index in [1.165, 1.54) is 77.0 Å². The van der Waals surface area contributed by atoms with E-state index in [9.17, 15) is 29.1 Å². The van der Waals surface area contributed by atoms with Crippen LogP contribution in [0.25, 0.3) is 10.8 Å². The van der Waals surface area contributed by atoms with Gasteiger partial charge in [-0.25, -0.2) is 0 Å². The van der Waals surface area contributed by atoms with Crippen LogP contribution in [-0.2, 0) is 30.4 Å². The number of carbonyl (C=O) groups is 5. The van der Waals surface area contributed by atoms with Gasteiger partial charge in [0.1, 0.15) is 12.1 Å². The topological polar surface area (TPSA) is 154 Å². The van der Waals surface area contributed by atoms with E-state index in [0.29, 0.717) is 31.6 Å². The molecule has 0 aliphatic carbocycles. The quantitative estimate of drug-likeness (QED) is 0.0450. The van der Waals surface area contributed by atoms with Crippen LogP contribution in [0.2, 0.25) is 0 Å². The minimum absolute atomic E-state index is 0.0928. The van der Waals surface area contributed by atoms with Gasteiger partial charge >= 0.3 is 5.97 Å². The molecule has 5 N–H and O–H groups in total. The Balaban J connectivity index is 1.82. The molecule has 2 rings (SSSR count). The second-order valence-corrected chi connectivity index (χ2v) is 16.7. The maximum atomic E-state index is 13.6. The number of rotatable bonds is 33. The number of Topliss-reactive ketones (excluding diaryl/α,β-unsaturated/α-hetero) is 1. The number of fused-ring (bicyclic) bond motifs is 1. The second-order valence-electron chi connectivity index (χ2n) is 15.8. The molecule has 2 aromatic rings. The lowest BCUT2D eigenvalue weighted by Crippen LogP contribution is -2.58. The molecule has 0 radical (unpaired) electrons. The van der Waals surface area contributed by atoms with Crippen molar-refractivity contribution in [1.29, 1.82) is 0 Å². The van der Waals surface area contributed by atoms with E-state index in [0.717, 1.165) is 29.2 Å². The van der Waals surface area contributed by atoms with Crippen LogP contribution in [0, 0.1) is 5.92 Å². The molecular weight excluding hydrogens is 737 g/mol. The summed E-state index contributed by atoms with van der Waals surface area (Å²) in [7, 11) is 0. The number of carbonyl (C=O) groups excluding carboxylic acids is 4. The Bertz CT molecular complexity index is 1480. The fourth-order valence-electron chi connectivity index (χ4n) is 7.17. The van der Waals surface area contributed by atoms with Gasteiger partial charge in [-0.3, -0.25) is 24.0 Å². The van der Waals surface area contributed by atoms with Gasteiger partial charge in [-0.2, -0.15) is 11.8 Å². The van der Waals surface area contributed by atoms with Crippen molar-refractivity contribution in [3.8, 4) is 0 Å². The zero-order valence-electron chi connectivity index (χ0n) is 35.7. The number of aliphatic carboxylic acids is 1. The summed E-state index contributed by atoms with van der Waals surface area (Å²) in [5.41, 5.74) is 1.10. The molecule has 2 aromatic carbocycles. The van der Waals surface area contributed by atoms with Gasteiger partial charge in [0.2, 0.25) is 17.7 Å². The average Bonchev–Trinajstić information content (AvgIpc) is 3.19. The number of carboxylic acids is 1. The first-order valence-electron chi connectivity index (χ1n) is 21.9. The standard InChI is InChI=1S/C46H74N4O6S/c1-6-8-9-10-11-12-13-14-15-16-17-18-19-22-31-47-40(33-57-5)45(55)48-35(4)44(54)50-43(34(3)7-2)46(56)49-39(32-42(52)53)41(51)30-24-28-37-27-23-26-36-25-20-21-29-38(36)37/h20-21,23,25-27,29,34-35,39-40,43,47H,6-19,22,24,28,30-33H2,1-5H3,(H,48,55)(H,49,56)(H,50,54)(H,52,53)/t34?,35-,39-,40-,43-/m0/s1. The molecule has 0 aromatic heterocycles. The molecule has 5 atom stereocenters. The van der Waals surface area contributed by atoms with E-state index in [2.05, 4.69) is 28.2 Å². The Kier molecular flexibility index (Phi) is 25.9. The van der Waals surface area contributed by atoms with Gasteiger partial charge in [0.15, 0.2) is 5.78 Å². The van der Waals surface area contributed by atoms with Gasteiger partial charge in [-0.15, -0.1) is 0 Å². The molecule has 11 heteroatoms. The third-order valence-electron chi connectivity index (χ3n) is 10.9. The number of carboxylic acid groups (broad SMARTS) is 1. The maximum absolute atomic E-state index is 13.6. The van der Waals surface area contributed by atoms with E-state index in [1.807, 2.05) is 62.6 Å². The van der Waals surface area contributed by atoms with Gasteiger partial charge in [-0.05, 0) is 61.2 Å². The van der Waals surface area contributed by atoms with Crippen LogP contribution >= 0.6 is 11.8 Å². The molecule has 0 fully saturated rings. The zero-order valence-corrected chi connectivity index (χ0v) is 36.5. The van der Waals surface area contributed by atoms with Crippen molar-refractivity contribution >= 4 is 52.0 Å². The number of thioether (sulfide) groups is 1. The summed E-state index contributed by atoms with van der Waals surface area (Å²) in [5.74, 6) is -2.78. The highest BCUT2D eigenvalue weighted by Gasteiger charge is 2.32. The number of hydrogen-bond acceptors (Lipinski definition) is 7. The second kappa shape index (κ2) is 29.7. The van der Waals surface area contributed by atoms with Gasteiger partial charge in [0.25, 0.3) is 0 Å². The van der Waals surface area contributed by atoms with Crippen molar-refractivity contribution in [3.63, 3.8) is 0 Å². The Morgan fingerprint density at radius 1 is 0.667 bits per heavy atom. The molecular formula is C46H74N4O6S. The number of ketones is 1. The normalized spacial score (nSPS) is 14.0. The largest absolute Gasteiger partial charge is 0.481 e. The molecule has 1 unspecified atom stereocenters. The number of benzene rings is 2. The van der Waals surface area contributed by atoms with E-state index in [1.54, 1.807) is 18.7 Å². The monoisotopic (exact) mass is 811 g/mol. The lowest BCUT2D eigenvalue weighted by molar-refractivity contribution is -0.141. The van der Waals surface area contributed by atoms with Crippen LogP contribution in [0.5, 0.6) is 0 Å². The number of hydrogen-bond donors (Lipinski definition) is 5. The predicted octanol–water partition coefficient (Wildman–Crippen LogP) is 8.53. The molecule has 0 aliphatic heterocycles. The highest BCUT2D eigenvalue weighted by Crippen LogP contribution is 2.21. The van der Waals surface area contributed by atoms with Crippen LogP contribution in [0.15, 0.2) is 42.5 Å². The highest BCUT2D eigenvalue weighted by molar-refractivity contribution is 7.98. The summed E-state index contributed by atoms with van der Waals surface area (Å²) >= 11 is 1.55. The van der Waals surface area contributed by atoms with E-state index >= 15 is 0 Å². The summed E-state index contributed by atoms with van der Waals surface area (Å²) in [6.45, 7) is 8.24. The van der Waals surface area contributed by atoms with E-state index < -0.39 is 48.4 Å². The van der Waals surface area contributed by atoms with Crippen molar-refractivity contribution in [1.82, 2.24) is 21.3 Å². The first-order chi connectivity index (χ1) is 27.5. The third kappa shape index (κ3) is 20.2. The van der Waals surface area contributed by atoms with Crippen molar-refractivity contribution in [2.75, 3.05) is 18.6 Å². The van der Waals surface area contributed by atoms with Crippen molar-refractivity contribution in [2.45, 2.75) is 174 Å². The summed E-state index contributed by atoms with van der Waals surface area (Å²) < 4.78 is 0. The minimum Gasteiger partial charge on any atom is -0.481 e. The SMILES string of the molecule is CCCCCCCCCCCCCCCCN[C@@H](CSC)C(=O)N[C@@H](C)C(=O)N[C@H](C(=O)N[C@@H](CC(=O)O)C(=O)CCCc1cccc2ccccc12)C(C)CC. The Morgan fingerprint density at radius 3 is 1.86 bits per heavy atom. The number of nitrogens with one attached hydrogen (secondary N) is 4. The molecule has 57 heavy (non-hydrogen) atoms. The molecule has 320 valence electrons. The molecule has 0 saturated heterocycles. The summed E-state index contributed by atoms with van der Waals surface area (Å²) in [6.07, 6.45) is 21.1. The van der Waals surface area contributed by atoms with Gasteiger partial charge < -0.3 is 26.4 Å². The Hall–Kier alpha value is -3.44. The molecule has 10 nitrogen and oxygen atoms in total. The molecule has 0 aliphatic rings. The van der Waals surface area contributed by atoms with Crippen LogP contribution in [0.3, 0.4) is 0 Å². The van der Waals surface area contributed by atoms with E-state index in [4.69, 9.17) is 0 Å². The smallest absolute Gasteiger partial charge is 0.305 e. The van der Waals surface area contributed by atoms with Crippen molar-refractivity contribution in [2.24, 2.45) is 5.92 Å².